The van der Waals surface area contributed by atoms with Gasteiger partial charge >= 0.3 is 0 Å². The van der Waals surface area contributed by atoms with Gasteiger partial charge in [0.2, 0.25) is 0 Å². The molecule has 0 N–H and O–H groups in total. The van der Waals surface area contributed by atoms with Gasteiger partial charge < -0.3 is 4.57 Å². The van der Waals surface area contributed by atoms with Crippen molar-refractivity contribution in [2.75, 3.05) is 0 Å². The number of hydrogen-bond acceptors (Lipinski definition) is 1. The molecule has 0 aliphatic rings. The quantitative estimate of drug-likeness (QED) is 0.760. The standard InChI is InChI=1S/C11H11BrN2/c1-8-3-5-10(6-4-8)14-7-11(12)13-9(14)2/h3-7H,1-2H3. The fraction of sp³-hybridized carbons (Fsp3) is 0.182. The fourth-order valence-electron chi connectivity index (χ4n) is 1.40. The predicted octanol–water partition coefficient (Wildman–Crippen LogP) is 3.25. The molecule has 0 saturated heterocycles. The van der Waals surface area contributed by atoms with E-state index < -0.39 is 0 Å². The number of rotatable bonds is 1. The van der Waals surface area contributed by atoms with E-state index in [2.05, 4.69) is 56.7 Å². The molecule has 1 aromatic heterocycles. The lowest BCUT2D eigenvalue weighted by atomic mass is 10.2. The summed E-state index contributed by atoms with van der Waals surface area (Å²) >= 11 is 3.36. The summed E-state index contributed by atoms with van der Waals surface area (Å²) in [5.41, 5.74) is 2.41. The molecule has 0 saturated carbocycles. The van der Waals surface area contributed by atoms with Gasteiger partial charge in [0.25, 0.3) is 0 Å². The summed E-state index contributed by atoms with van der Waals surface area (Å²) in [7, 11) is 0. The van der Waals surface area contributed by atoms with E-state index in [-0.39, 0.29) is 0 Å². The molecule has 3 heteroatoms. The first-order valence-corrected chi connectivity index (χ1v) is 5.24. The van der Waals surface area contributed by atoms with E-state index in [4.69, 9.17) is 0 Å². The van der Waals surface area contributed by atoms with Crippen LogP contribution in [-0.4, -0.2) is 9.55 Å². The second-order valence-electron chi connectivity index (χ2n) is 3.32. The Morgan fingerprint density at radius 1 is 1.14 bits per heavy atom. The number of aromatic nitrogens is 2. The van der Waals surface area contributed by atoms with E-state index in [9.17, 15) is 0 Å². The highest BCUT2D eigenvalue weighted by atomic mass is 79.9. The van der Waals surface area contributed by atoms with Gasteiger partial charge in [0.15, 0.2) is 0 Å². The minimum Gasteiger partial charge on any atom is -0.303 e. The van der Waals surface area contributed by atoms with Crippen LogP contribution < -0.4 is 0 Å². The molecule has 1 heterocycles. The van der Waals surface area contributed by atoms with Crippen molar-refractivity contribution in [3.05, 3.63) is 46.5 Å². The minimum atomic E-state index is 0.871. The normalized spacial score (nSPS) is 10.5. The molecule has 2 nitrogen and oxygen atoms in total. The average Bonchev–Trinajstić information content (AvgIpc) is 2.47. The second kappa shape index (κ2) is 3.58. The number of halogens is 1. The van der Waals surface area contributed by atoms with E-state index in [1.807, 2.05) is 13.1 Å². The van der Waals surface area contributed by atoms with Crippen molar-refractivity contribution in [2.45, 2.75) is 13.8 Å². The van der Waals surface area contributed by atoms with Crippen LogP contribution in [0, 0.1) is 13.8 Å². The molecule has 14 heavy (non-hydrogen) atoms. The molecule has 72 valence electrons. The van der Waals surface area contributed by atoms with Crippen molar-refractivity contribution in [2.24, 2.45) is 0 Å². The summed E-state index contributed by atoms with van der Waals surface area (Å²) in [5, 5.41) is 0. The minimum absolute atomic E-state index is 0.871. The first-order chi connectivity index (χ1) is 6.66. The molecule has 0 aliphatic heterocycles. The predicted molar refractivity (Wildman–Crippen MR) is 60.7 cm³/mol. The van der Waals surface area contributed by atoms with Crippen LogP contribution in [0.2, 0.25) is 0 Å². The lowest BCUT2D eigenvalue weighted by Gasteiger charge is -2.04. The molecule has 0 spiro atoms. The van der Waals surface area contributed by atoms with Crippen molar-refractivity contribution in [3.8, 4) is 5.69 Å². The number of hydrogen-bond donors (Lipinski definition) is 0. The lowest BCUT2D eigenvalue weighted by Crippen LogP contribution is -1.94. The third-order valence-corrected chi connectivity index (χ3v) is 2.55. The Bertz CT molecular complexity index is 443. The molecule has 0 fully saturated rings. The maximum atomic E-state index is 4.29. The van der Waals surface area contributed by atoms with Crippen molar-refractivity contribution >= 4 is 15.9 Å². The van der Waals surface area contributed by atoms with E-state index in [1.165, 1.54) is 5.56 Å². The highest BCUT2D eigenvalue weighted by Gasteiger charge is 2.02. The van der Waals surface area contributed by atoms with Gasteiger partial charge in [0, 0.05) is 11.9 Å². The van der Waals surface area contributed by atoms with Gasteiger partial charge in [-0.2, -0.15) is 0 Å². The summed E-state index contributed by atoms with van der Waals surface area (Å²) in [5.74, 6) is 0.987. The number of benzene rings is 1. The SMILES string of the molecule is Cc1ccc(-n2cc(Br)nc2C)cc1. The third-order valence-electron chi connectivity index (χ3n) is 2.17. The molecule has 0 aliphatic carbocycles. The van der Waals surface area contributed by atoms with Crippen LogP contribution in [0.3, 0.4) is 0 Å². The Morgan fingerprint density at radius 2 is 1.79 bits per heavy atom. The lowest BCUT2D eigenvalue weighted by molar-refractivity contribution is 0.974. The van der Waals surface area contributed by atoms with Gasteiger partial charge in [-0.15, -0.1) is 0 Å². The molecule has 1 aromatic carbocycles. The van der Waals surface area contributed by atoms with Crippen molar-refractivity contribution in [1.82, 2.24) is 9.55 Å². The highest BCUT2D eigenvalue weighted by Crippen LogP contribution is 2.15. The van der Waals surface area contributed by atoms with Crippen molar-refractivity contribution in [3.63, 3.8) is 0 Å². The van der Waals surface area contributed by atoms with Crippen LogP contribution in [0.25, 0.3) is 5.69 Å². The molecule has 0 radical (unpaired) electrons. The fourth-order valence-corrected chi connectivity index (χ4v) is 1.87. The van der Waals surface area contributed by atoms with Gasteiger partial charge in [-0.05, 0) is 41.9 Å². The van der Waals surface area contributed by atoms with E-state index in [0.29, 0.717) is 0 Å². The number of nitrogens with zero attached hydrogens (tertiary/aromatic N) is 2. The van der Waals surface area contributed by atoms with Crippen molar-refractivity contribution < 1.29 is 0 Å². The summed E-state index contributed by atoms with van der Waals surface area (Å²) in [6.07, 6.45) is 1.97. The maximum Gasteiger partial charge on any atom is 0.124 e. The van der Waals surface area contributed by atoms with Gasteiger partial charge in [-0.1, -0.05) is 17.7 Å². The first-order valence-electron chi connectivity index (χ1n) is 4.45. The Kier molecular flexibility index (Phi) is 2.42. The van der Waals surface area contributed by atoms with Crippen LogP contribution in [0.15, 0.2) is 35.1 Å². The summed E-state index contributed by atoms with van der Waals surface area (Å²) < 4.78 is 2.93. The molecular weight excluding hydrogens is 240 g/mol. The maximum absolute atomic E-state index is 4.29. The van der Waals surface area contributed by atoms with E-state index >= 15 is 0 Å². The Morgan fingerprint density at radius 3 is 2.29 bits per heavy atom. The smallest absolute Gasteiger partial charge is 0.124 e. The molecule has 0 unspecified atom stereocenters. The molecule has 2 rings (SSSR count). The second-order valence-corrected chi connectivity index (χ2v) is 4.13. The van der Waals surface area contributed by atoms with Gasteiger partial charge in [0.05, 0.1) is 0 Å². The van der Waals surface area contributed by atoms with Crippen LogP contribution in [-0.2, 0) is 0 Å². The number of aryl methyl sites for hydroxylation is 2. The van der Waals surface area contributed by atoms with Gasteiger partial charge in [-0.25, -0.2) is 4.98 Å². The van der Waals surface area contributed by atoms with Gasteiger partial charge in [0.1, 0.15) is 10.4 Å². The molecule has 0 atom stereocenters. The Hall–Kier alpha value is -1.09. The molecule has 0 amide bonds. The van der Waals surface area contributed by atoms with Crippen molar-refractivity contribution in [1.29, 1.82) is 0 Å². The average molecular weight is 251 g/mol. The largest absolute Gasteiger partial charge is 0.303 e. The van der Waals surface area contributed by atoms with Gasteiger partial charge in [-0.3, -0.25) is 0 Å². The van der Waals surface area contributed by atoms with Crippen LogP contribution in [0.1, 0.15) is 11.4 Å². The number of imidazole rings is 1. The van der Waals surface area contributed by atoms with Crippen LogP contribution in [0.4, 0.5) is 0 Å². The van der Waals surface area contributed by atoms with Crippen LogP contribution in [0.5, 0.6) is 0 Å². The molecule has 2 aromatic rings. The zero-order valence-electron chi connectivity index (χ0n) is 8.16. The Labute approximate surface area is 91.7 Å². The monoisotopic (exact) mass is 250 g/mol. The highest BCUT2D eigenvalue weighted by molar-refractivity contribution is 9.10. The van der Waals surface area contributed by atoms with E-state index in [0.717, 1.165) is 16.1 Å². The summed E-state index contributed by atoms with van der Waals surface area (Å²) in [4.78, 5) is 4.29. The zero-order valence-corrected chi connectivity index (χ0v) is 9.75. The third kappa shape index (κ3) is 1.73. The summed E-state index contributed by atoms with van der Waals surface area (Å²) in [6.45, 7) is 4.07. The topological polar surface area (TPSA) is 17.8 Å². The zero-order chi connectivity index (χ0) is 10.1. The molecule has 0 bridgehead atoms. The Balaban J connectivity index is 2.49. The summed E-state index contributed by atoms with van der Waals surface area (Å²) in [6, 6.07) is 8.39. The van der Waals surface area contributed by atoms with Crippen LogP contribution >= 0.6 is 15.9 Å². The van der Waals surface area contributed by atoms with E-state index in [1.54, 1.807) is 0 Å². The molecular formula is C11H11BrN2. The first kappa shape index (κ1) is 9.46.